The highest BCUT2D eigenvalue weighted by molar-refractivity contribution is 7.91. The third-order valence-corrected chi connectivity index (χ3v) is 10.5. The van der Waals surface area contributed by atoms with Crippen molar-refractivity contribution in [1.82, 2.24) is 14.1 Å². The molecular formula is C21H26FN3O7S3. The van der Waals surface area contributed by atoms with Gasteiger partial charge in [0.2, 0.25) is 10.0 Å². The van der Waals surface area contributed by atoms with E-state index in [0.29, 0.717) is 23.5 Å². The third-order valence-electron chi connectivity index (χ3n) is 5.77. The molecule has 2 unspecified atom stereocenters. The van der Waals surface area contributed by atoms with Gasteiger partial charge in [-0.15, -0.1) is 11.3 Å². The Bertz CT molecular complexity index is 1260. The molecular weight excluding hydrogens is 521 g/mol. The zero-order valence-electron chi connectivity index (χ0n) is 18.9. The van der Waals surface area contributed by atoms with Crippen LogP contribution in [0.1, 0.15) is 19.3 Å². The van der Waals surface area contributed by atoms with Crippen LogP contribution in [-0.2, 0) is 34.4 Å². The number of carbonyl (C=O) groups excluding carboxylic acids is 1. The van der Waals surface area contributed by atoms with E-state index < -0.39 is 44.1 Å². The number of rotatable bonds is 7. The number of nitrogens with zero attached hydrogens (tertiary/aromatic N) is 2. The van der Waals surface area contributed by atoms with Gasteiger partial charge in [-0.05, 0) is 42.7 Å². The quantitative estimate of drug-likeness (QED) is 0.524. The fourth-order valence-corrected chi connectivity index (χ4v) is 7.72. The van der Waals surface area contributed by atoms with Crippen LogP contribution >= 0.6 is 11.3 Å². The van der Waals surface area contributed by atoms with Gasteiger partial charge in [-0.25, -0.2) is 31.5 Å². The van der Waals surface area contributed by atoms with E-state index in [1.807, 2.05) is 0 Å². The fourth-order valence-electron chi connectivity index (χ4n) is 3.88. The molecule has 2 aliphatic rings. The number of hydrogen-bond acceptors (Lipinski definition) is 8. The Morgan fingerprint density at radius 3 is 2.51 bits per heavy atom. The van der Waals surface area contributed by atoms with Crippen molar-refractivity contribution in [3.8, 4) is 10.4 Å². The van der Waals surface area contributed by atoms with Gasteiger partial charge in [-0.1, -0.05) is 12.1 Å². The molecule has 14 heteroatoms. The van der Waals surface area contributed by atoms with E-state index in [-0.39, 0.29) is 23.8 Å². The van der Waals surface area contributed by atoms with Crippen molar-refractivity contribution in [3.05, 3.63) is 42.2 Å². The zero-order valence-corrected chi connectivity index (χ0v) is 21.4. The Morgan fingerprint density at radius 1 is 1.11 bits per heavy atom. The number of carbonyl (C=O) groups is 1. The summed E-state index contributed by atoms with van der Waals surface area (Å²) in [6.45, 7) is -0.169. The highest BCUT2D eigenvalue weighted by Crippen LogP contribution is 2.34. The van der Waals surface area contributed by atoms with Gasteiger partial charge in [0.05, 0.1) is 6.26 Å². The average Bonchev–Trinajstić information content (AvgIpc) is 3.34. The van der Waals surface area contributed by atoms with Crippen molar-refractivity contribution in [2.75, 3.05) is 32.5 Å². The van der Waals surface area contributed by atoms with Crippen molar-refractivity contribution in [1.29, 1.82) is 0 Å². The second-order valence-corrected chi connectivity index (χ2v) is 13.4. The summed E-state index contributed by atoms with van der Waals surface area (Å²) in [5, 5.41) is 0. The molecule has 1 amide bonds. The van der Waals surface area contributed by atoms with Gasteiger partial charge in [-0.3, -0.25) is 4.79 Å². The minimum absolute atomic E-state index is 0.0148. The maximum absolute atomic E-state index is 13.5. The monoisotopic (exact) mass is 547 g/mol. The molecule has 0 saturated carbocycles. The van der Waals surface area contributed by atoms with Crippen LogP contribution in [0.3, 0.4) is 0 Å². The van der Waals surface area contributed by atoms with Crippen LogP contribution in [0.25, 0.3) is 10.4 Å². The second kappa shape index (κ2) is 10.6. The summed E-state index contributed by atoms with van der Waals surface area (Å²) < 4.78 is 72.0. The first-order valence-electron chi connectivity index (χ1n) is 11.0. The topological polar surface area (TPSA) is 122 Å². The standard InChI is InChI=1S/C21H26FN3O7S3/c1-34(27,28)24-11-12-25(17(14-24)21(26)23-32-19-4-2-3-13-31-19)35(29,30)20-10-9-18(33-20)15-5-7-16(22)8-6-15/h5-10,17,19H,2-4,11-14H2,1H3,(H,23,26). The summed E-state index contributed by atoms with van der Waals surface area (Å²) >= 11 is 0.982. The number of amides is 1. The molecule has 2 aliphatic heterocycles. The van der Waals surface area contributed by atoms with Crippen molar-refractivity contribution in [2.24, 2.45) is 0 Å². The number of benzene rings is 1. The smallest absolute Gasteiger partial charge is 0.263 e. The van der Waals surface area contributed by atoms with Crippen LogP contribution in [0.5, 0.6) is 0 Å². The molecule has 2 fully saturated rings. The molecule has 1 N–H and O–H groups in total. The summed E-state index contributed by atoms with van der Waals surface area (Å²) in [6, 6.07) is 7.34. The maximum Gasteiger partial charge on any atom is 0.263 e. The van der Waals surface area contributed by atoms with Crippen LogP contribution in [0.15, 0.2) is 40.6 Å². The Balaban J connectivity index is 1.57. The lowest BCUT2D eigenvalue weighted by molar-refractivity contribution is -0.202. The van der Waals surface area contributed by atoms with E-state index >= 15 is 0 Å². The molecule has 0 aliphatic carbocycles. The number of sulfonamides is 2. The number of thiophene rings is 1. The Morgan fingerprint density at radius 2 is 1.86 bits per heavy atom. The van der Waals surface area contributed by atoms with E-state index in [1.54, 1.807) is 18.2 Å². The number of halogens is 1. The fraction of sp³-hybridized carbons (Fsp3) is 0.476. The predicted molar refractivity (Wildman–Crippen MR) is 127 cm³/mol. The Hall–Kier alpha value is -1.94. The van der Waals surface area contributed by atoms with Crippen molar-refractivity contribution in [2.45, 2.75) is 35.8 Å². The molecule has 3 heterocycles. The van der Waals surface area contributed by atoms with Gasteiger partial charge in [0, 0.05) is 37.5 Å². The number of piperazine rings is 1. The average molecular weight is 548 g/mol. The molecule has 192 valence electrons. The van der Waals surface area contributed by atoms with E-state index in [2.05, 4.69) is 5.48 Å². The maximum atomic E-state index is 13.5. The van der Waals surface area contributed by atoms with E-state index in [1.165, 1.54) is 18.2 Å². The first-order chi connectivity index (χ1) is 16.6. The molecule has 2 atom stereocenters. The largest absolute Gasteiger partial charge is 0.350 e. The lowest BCUT2D eigenvalue weighted by Gasteiger charge is -2.38. The first kappa shape index (κ1) is 26.1. The van der Waals surface area contributed by atoms with Crippen LogP contribution in [-0.4, -0.2) is 76.2 Å². The van der Waals surface area contributed by atoms with Crippen LogP contribution in [0.4, 0.5) is 4.39 Å². The van der Waals surface area contributed by atoms with Gasteiger partial charge in [0.15, 0.2) is 6.29 Å². The molecule has 1 aromatic heterocycles. The molecule has 1 aromatic carbocycles. The molecule has 35 heavy (non-hydrogen) atoms. The highest BCUT2D eigenvalue weighted by atomic mass is 32.2. The molecule has 10 nitrogen and oxygen atoms in total. The van der Waals surface area contributed by atoms with Gasteiger partial charge in [0.25, 0.3) is 15.9 Å². The second-order valence-electron chi connectivity index (χ2n) is 8.26. The van der Waals surface area contributed by atoms with Crippen molar-refractivity contribution >= 4 is 37.3 Å². The van der Waals surface area contributed by atoms with Gasteiger partial charge < -0.3 is 4.74 Å². The summed E-state index contributed by atoms with van der Waals surface area (Å²) in [7, 11) is -7.81. The molecule has 2 aromatic rings. The third kappa shape index (κ3) is 6.07. The van der Waals surface area contributed by atoms with Crippen LogP contribution in [0.2, 0.25) is 0 Å². The van der Waals surface area contributed by atoms with Crippen LogP contribution in [0, 0.1) is 5.82 Å². The van der Waals surface area contributed by atoms with E-state index in [4.69, 9.17) is 9.57 Å². The van der Waals surface area contributed by atoms with Gasteiger partial charge in [-0.2, -0.15) is 8.61 Å². The minimum atomic E-state index is -4.15. The summed E-state index contributed by atoms with van der Waals surface area (Å²) in [6.07, 6.45) is 2.67. The molecule has 2 saturated heterocycles. The highest BCUT2D eigenvalue weighted by Gasteiger charge is 2.43. The lowest BCUT2D eigenvalue weighted by atomic mass is 10.2. The van der Waals surface area contributed by atoms with Gasteiger partial charge in [0.1, 0.15) is 16.1 Å². The number of hydrogen-bond donors (Lipinski definition) is 1. The number of hydroxylamine groups is 1. The minimum Gasteiger partial charge on any atom is -0.350 e. The summed E-state index contributed by atoms with van der Waals surface area (Å²) in [5.41, 5.74) is 2.91. The number of ether oxygens (including phenoxy) is 1. The van der Waals surface area contributed by atoms with E-state index in [0.717, 1.165) is 39.0 Å². The van der Waals surface area contributed by atoms with E-state index in [9.17, 15) is 26.0 Å². The Kier molecular flexibility index (Phi) is 7.90. The number of nitrogens with one attached hydrogen (secondary N) is 1. The molecule has 0 radical (unpaired) electrons. The zero-order chi connectivity index (χ0) is 25.2. The summed E-state index contributed by atoms with van der Waals surface area (Å²) in [4.78, 5) is 18.9. The van der Waals surface area contributed by atoms with Crippen LogP contribution < -0.4 is 5.48 Å². The van der Waals surface area contributed by atoms with Crippen molar-refractivity contribution in [3.63, 3.8) is 0 Å². The normalized spacial score (nSPS) is 22.7. The van der Waals surface area contributed by atoms with Crippen molar-refractivity contribution < 1.29 is 35.6 Å². The first-order valence-corrected chi connectivity index (χ1v) is 15.1. The summed E-state index contributed by atoms with van der Waals surface area (Å²) in [5.74, 6) is -1.19. The molecule has 4 rings (SSSR count). The lowest BCUT2D eigenvalue weighted by Crippen LogP contribution is -2.61. The molecule has 0 spiro atoms. The molecule has 0 bridgehead atoms. The Labute approximate surface area is 207 Å². The van der Waals surface area contributed by atoms with Gasteiger partial charge >= 0.3 is 0 Å². The SMILES string of the molecule is CS(=O)(=O)N1CCN(S(=O)(=O)c2ccc(-c3ccc(F)cc3)s2)C(C(=O)NOC2CCCCO2)C1. The predicted octanol–water partition coefficient (Wildman–Crippen LogP) is 1.76.